The number of piperidine rings is 1. The fourth-order valence-corrected chi connectivity index (χ4v) is 3.37. The molecule has 1 fully saturated rings. The van der Waals surface area contributed by atoms with Gasteiger partial charge in [-0.3, -0.25) is 9.59 Å². The summed E-state index contributed by atoms with van der Waals surface area (Å²) in [5, 5.41) is 2.18. The number of ketones is 1. The molecule has 3 aromatic rings. The quantitative estimate of drug-likeness (QED) is 0.687. The van der Waals surface area contributed by atoms with Crippen molar-refractivity contribution in [1.82, 2.24) is 9.88 Å². The van der Waals surface area contributed by atoms with Crippen molar-refractivity contribution in [3.63, 3.8) is 0 Å². The van der Waals surface area contributed by atoms with Crippen LogP contribution in [0.3, 0.4) is 0 Å². The molecular weight excluding hydrogens is 316 g/mol. The van der Waals surface area contributed by atoms with Crippen LogP contribution in [0, 0.1) is 5.92 Å². The lowest BCUT2D eigenvalue weighted by Crippen LogP contribution is -2.40. The molecule has 1 aliphatic rings. The van der Waals surface area contributed by atoms with Crippen molar-refractivity contribution in [3.05, 3.63) is 66.4 Å². The Labute approximate surface area is 145 Å². The molecule has 0 saturated carbocycles. The number of carbonyl (C=O) groups is 2. The van der Waals surface area contributed by atoms with E-state index in [0.717, 1.165) is 10.8 Å². The van der Waals surface area contributed by atoms with Gasteiger partial charge in [-0.15, -0.1) is 0 Å². The topological polar surface area (TPSA) is 63.4 Å². The lowest BCUT2D eigenvalue weighted by molar-refractivity contribution is 0.0641. The van der Waals surface area contributed by atoms with Crippen LogP contribution >= 0.6 is 0 Å². The Balaban J connectivity index is 1.44. The molecule has 0 unspecified atom stereocenters. The van der Waals surface area contributed by atoms with Gasteiger partial charge in [0.1, 0.15) is 6.26 Å². The van der Waals surface area contributed by atoms with E-state index in [1.165, 1.54) is 12.5 Å². The molecule has 2 aromatic carbocycles. The van der Waals surface area contributed by atoms with Crippen molar-refractivity contribution in [2.75, 3.05) is 13.1 Å². The second kappa shape index (κ2) is 6.51. The largest absolute Gasteiger partial charge is 0.442 e. The molecule has 126 valence electrons. The second-order valence-corrected chi connectivity index (χ2v) is 6.33. The monoisotopic (exact) mass is 334 g/mol. The molecule has 0 spiro atoms. The van der Waals surface area contributed by atoms with Gasteiger partial charge < -0.3 is 9.32 Å². The van der Waals surface area contributed by atoms with Crippen molar-refractivity contribution in [2.24, 2.45) is 5.92 Å². The number of benzene rings is 2. The van der Waals surface area contributed by atoms with E-state index in [1.807, 2.05) is 47.4 Å². The molecule has 2 heterocycles. The molecule has 4 rings (SSSR count). The molecule has 1 amide bonds. The normalized spacial score (nSPS) is 15.4. The third kappa shape index (κ3) is 3.05. The maximum Gasteiger partial charge on any atom is 0.263 e. The molecule has 0 bridgehead atoms. The highest BCUT2D eigenvalue weighted by molar-refractivity contribution is 5.99. The summed E-state index contributed by atoms with van der Waals surface area (Å²) in [4.78, 5) is 30.8. The summed E-state index contributed by atoms with van der Waals surface area (Å²) < 4.78 is 5.09. The fourth-order valence-electron chi connectivity index (χ4n) is 3.37. The summed E-state index contributed by atoms with van der Waals surface area (Å²) in [5.74, 6) is -0.00538. The zero-order chi connectivity index (χ0) is 17.2. The number of nitrogens with zero attached hydrogens (tertiary/aromatic N) is 2. The summed E-state index contributed by atoms with van der Waals surface area (Å²) in [7, 11) is 0. The number of oxazole rings is 1. The molecule has 0 atom stereocenters. The van der Waals surface area contributed by atoms with E-state index in [0.29, 0.717) is 31.5 Å². The van der Waals surface area contributed by atoms with Crippen molar-refractivity contribution >= 4 is 22.5 Å². The van der Waals surface area contributed by atoms with Crippen LogP contribution in [0.15, 0.2) is 59.3 Å². The summed E-state index contributed by atoms with van der Waals surface area (Å²) in [6.45, 7) is 1.14. The standard InChI is InChI=1S/C20H18N2O3/c23-18(19-21-9-12-25-19)15-7-10-22(11-8-15)20(24)17-6-5-14-3-1-2-4-16(14)13-17/h1-6,9,12-13,15H,7-8,10-11H2. The van der Waals surface area contributed by atoms with Crippen molar-refractivity contribution in [3.8, 4) is 0 Å². The van der Waals surface area contributed by atoms with Gasteiger partial charge in [-0.25, -0.2) is 4.98 Å². The summed E-state index contributed by atoms with van der Waals surface area (Å²) in [6.07, 6.45) is 4.16. The van der Waals surface area contributed by atoms with E-state index in [1.54, 1.807) is 0 Å². The smallest absolute Gasteiger partial charge is 0.263 e. The first-order chi connectivity index (χ1) is 12.2. The van der Waals surface area contributed by atoms with Crippen LogP contribution in [0.4, 0.5) is 0 Å². The highest BCUT2D eigenvalue weighted by Gasteiger charge is 2.30. The molecule has 5 heteroatoms. The second-order valence-electron chi connectivity index (χ2n) is 6.33. The molecule has 5 nitrogen and oxygen atoms in total. The minimum atomic E-state index is -0.126. The Hall–Kier alpha value is -2.95. The molecule has 0 N–H and O–H groups in total. The third-order valence-electron chi connectivity index (χ3n) is 4.79. The van der Waals surface area contributed by atoms with E-state index in [-0.39, 0.29) is 23.5 Å². The van der Waals surface area contributed by atoms with Gasteiger partial charge in [0.15, 0.2) is 0 Å². The molecule has 1 aromatic heterocycles. The maximum atomic E-state index is 12.8. The van der Waals surface area contributed by atoms with Crippen molar-refractivity contribution in [1.29, 1.82) is 0 Å². The molecule has 25 heavy (non-hydrogen) atoms. The Morgan fingerprint density at radius 1 is 1.04 bits per heavy atom. The lowest BCUT2D eigenvalue weighted by Gasteiger charge is -2.31. The minimum absolute atomic E-state index is 0.0211. The van der Waals surface area contributed by atoms with E-state index in [2.05, 4.69) is 4.98 Å². The van der Waals surface area contributed by atoms with Crippen LogP contribution in [0.25, 0.3) is 10.8 Å². The first-order valence-corrected chi connectivity index (χ1v) is 8.44. The number of Topliss-reactive ketones (excluding diaryl/α,β-unsaturated/α-hetero) is 1. The Morgan fingerprint density at radius 2 is 1.80 bits per heavy atom. The molecule has 1 saturated heterocycles. The van der Waals surface area contributed by atoms with Gasteiger partial charge in [0.05, 0.1) is 6.20 Å². The number of likely N-dealkylation sites (tertiary alicyclic amines) is 1. The SMILES string of the molecule is O=C(c1ncco1)C1CCN(C(=O)c2ccc3ccccc3c2)CC1. The van der Waals surface area contributed by atoms with Gasteiger partial charge in [0.2, 0.25) is 5.78 Å². The molecule has 0 aliphatic carbocycles. The summed E-state index contributed by atoms with van der Waals surface area (Å²) in [5.41, 5.74) is 0.691. The van der Waals surface area contributed by atoms with Crippen LogP contribution < -0.4 is 0 Å². The average Bonchev–Trinajstić information content (AvgIpc) is 3.21. The summed E-state index contributed by atoms with van der Waals surface area (Å²) in [6, 6.07) is 13.8. The van der Waals surface area contributed by atoms with E-state index < -0.39 is 0 Å². The zero-order valence-corrected chi connectivity index (χ0v) is 13.7. The zero-order valence-electron chi connectivity index (χ0n) is 13.7. The third-order valence-corrected chi connectivity index (χ3v) is 4.79. The van der Waals surface area contributed by atoms with Gasteiger partial charge >= 0.3 is 0 Å². The number of carbonyl (C=O) groups excluding carboxylic acids is 2. The fraction of sp³-hybridized carbons (Fsp3) is 0.250. The highest BCUT2D eigenvalue weighted by Crippen LogP contribution is 2.23. The van der Waals surface area contributed by atoms with E-state index in [9.17, 15) is 9.59 Å². The predicted molar refractivity (Wildman–Crippen MR) is 93.4 cm³/mol. The molecular formula is C20H18N2O3. The average molecular weight is 334 g/mol. The number of hydrogen-bond donors (Lipinski definition) is 0. The predicted octanol–water partition coefficient (Wildman–Crippen LogP) is 3.56. The first-order valence-electron chi connectivity index (χ1n) is 8.44. The number of hydrogen-bond acceptors (Lipinski definition) is 4. The molecule has 1 aliphatic heterocycles. The minimum Gasteiger partial charge on any atom is -0.442 e. The number of aromatic nitrogens is 1. The Kier molecular flexibility index (Phi) is 4.06. The van der Waals surface area contributed by atoms with Crippen LogP contribution in [0.2, 0.25) is 0 Å². The lowest BCUT2D eigenvalue weighted by atomic mass is 9.92. The highest BCUT2D eigenvalue weighted by atomic mass is 16.3. The van der Waals surface area contributed by atoms with Gasteiger partial charge in [0.25, 0.3) is 11.8 Å². The summed E-state index contributed by atoms with van der Waals surface area (Å²) >= 11 is 0. The number of amides is 1. The van der Waals surface area contributed by atoms with E-state index >= 15 is 0 Å². The van der Waals surface area contributed by atoms with Gasteiger partial charge in [-0.05, 0) is 35.7 Å². The van der Waals surface area contributed by atoms with E-state index in [4.69, 9.17) is 4.42 Å². The number of rotatable bonds is 3. The van der Waals surface area contributed by atoms with Crippen LogP contribution in [-0.2, 0) is 0 Å². The maximum absolute atomic E-state index is 12.8. The Bertz CT molecular complexity index is 910. The first kappa shape index (κ1) is 15.6. The van der Waals surface area contributed by atoms with Gasteiger partial charge in [-0.2, -0.15) is 0 Å². The van der Waals surface area contributed by atoms with Gasteiger partial charge in [0, 0.05) is 24.6 Å². The van der Waals surface area contributed by atoms with Crippen LogP contribution in [-0.4, -0.2) is 34.7 Å². The van der Waals surface area contributed by atoms with Crippen LogP contribution in [0.1, 0.15) is 33.9 Å². The van der Waals surface area contributed by atoms with Crippen molar-refractivity contribution < 1.29 is 14.0 Å². The van der Waals surface area contributed by atoms with Gasteiger partial charge in [-0.1, -0.05) is 30.3 Å². The number of fused-ring (bicyclic) bond motifs is 1. The Morgan fingerprint density at radius 3 is 2.52 bits per heavy atom. The van der Waals surface area contributed by atoms with Crippen molar-refractivity contribution in [2.45, 2.75) is 12.8 Å². The molecule has 0 radical (unpaired) electrons. The van der Waals surface area contributed by atoms with Crippen LogP contribution in [0.5, 0.6) is 0 Å².